The van der Waals surface area contributed by atoms with Crippen LogP contribution in [0.25, 0.3) is 0 Å². The number of esters is 1. The van der Waals surface area contributed by atoms with E-state index >= 15 is 0 Å². The SMILES string of the molecule is CCO/N=C(/C(=O)OCC)c1csc(N)n1. The maximum Gasteiger partial charge on any atom is 0.362 e. The van der Waals surface area contributed by atoms with Crippen LogP contribution in [-0.2, 0) is 14.4 Å². The highest BCUT2D eigenvalue weighted by atomic mass is 32.1. The number of hydrogen-bond donors (Lipinski definition) is 1. The molecule has 0 unspecified atom stereocenters. The van der Waals surface area contributed by atoms with Gasteiger partial charge in [-0.3, -0.25) is 0 Å². The van der Waals surface area contributed by atoms with E-state index < -0.39 is 5.97 Å². The third kappa shape index (κ3) is 3.20. The highest BCUT2D eigenvalue weighted by Gasteiger charge is 2.19. The topological polar surface area (TPSA) is 86.8 Å². The normalized spacial score (nSPS) is 11.2. The highest BCUT2D eigenvalue weighted by Crippen LogP contribution is 2.12. The predicted molar refractivity (Wildman–Crippen MR) is 61.3 cm³/mol. The van der Waals surface area contributed by atoms with Crippen molar-refractivity contribution in [2.75, 3.05) is 18.9 Å². The molecule has 0 aliphatic rings. The van der Waals surface area contributed by atoms with Crippen LogP contribution in [-0.4, -0.2) is 29.9 Å². The summed E-state index contributed by atoms with van der Waals surface area (Å²) in [7, 11) is 0. The van der Waals surface area contributed by atoms with Gasteiger partial charge in [0.05, 0.1) is 6.61 Å². The molecular formula is C9H13N3O3S. The third-order valence-electron chi connectivity index (χ3n) is 1.52. The molecule has 0 fully saturated rings. The molecule has 1 rings (SSSR count). The Morgan fingerprint density at radius 3 is 2.81 bits per heavy atom. The second-order valence-electron chi connectivity index (χ2n) is 2.65. The Morgan fingerprint density at radius 1 is 1.56 bits per heavy atom. The molecule has 7 heteroatoms. The molecule has 1 heterocycles. The van der Waals surface area contributed by atoms with Gasteiger partial charge in [0.1, 0.15) is 12.3 Å². The van der Waals surface area contributed by atoms with Gasteiger partial charge >= 0.3 is 5.97 Å². The quantitative estimate of drug-likeness (QED) is 0.474. The summed E-state index contributed by atoms with van der Waals surface area (Å²) in [6.07, 6.45) is 0. The van der Waals surface area contributed by atoms with Crippen molar-refractivity contribution in [1.29, 1.82) is 0 Å². The highest BCUT2D eigenvalue weighted by molar-refractivity contribution is 7.13. The van der Waals surface area contributed by atoms with Crippen LogP contribution in [0.2, 0.25) is 0 Å². The number of anilines is 1. The van der Waals surface area contributed by atoms with Gasteiger partial charge in [-0.05, 0) is 13.8 Å². The molecule has 0 spiro atoms. The van der Waals surface area contributed by atoms with Crippen LogP contribution in [0.1, 0.15) is 19.5 Å². The Bertz CT molecular complexity index is 389. The van der Waals surface area contributed by atoms with Crippen molar-refractivity contribution in [2.45, 2.75) is 13.8 Å². The number of aromatic nitrogens is 1. The first-order valence-corrected chi connectivity index (χ1v) is 5.65. The van der Waals surface area contributed by atoms with Crippen LogP contribution in [0, 0.1) is 0 Å². The molecule has 0 bridgehead atoms. The van der Waals surface area contributed by atoms with E-state index in [4.69, 9.17) is 15.3 Å². The first-order valence-electron chi connectivity index (χ1n) is 4.77. The summed E-state index contributed by atoms with van der Waals surface area (Å²) in [6, 6.07) is 0. The lowest BCUT2D eigenvalue weighted by atomic mass is 10.3. The number of rotatable bonds is 5. The van der Waals surface area contributed by atoms with Gasteiger partial charge in [-0.25, -0.2) is 9.78 Å². The first kappa shape index (κ1) is 12.4. The van der Waals surface area contributed by atoms with E-state index in [-0.39, 0.29) is 12.3 Å². The molecule has 0 aliphatic carbocycles. The molecule has 1 aromatic rings. The first-order chi connectivity index (χ1) is 7.69. The lowest BCUT2D eigenvalue weighted by Gasteiger charge is -2.02. The molecule has 0 aliphatic heterocycles. The number of nitrogens with zero attached hydrogens (tertiary/aromatic N) is 2. The lowest BCUT2D eigenvalue weighted by molar-refractivity contribution is -0.135. The molecule has 1 aromatic heterocycles. The van der Waals surface area contributed by atoms with Gasteiger partial charge in [0.25, 0.3) is 0 Å². The van der Waals surface area contributed by atoms with E-state index in [9.17, 15) is 4.79 Å². The number of nitrogen functional groups attached to an aromatic ring is 1. The number of carbonyl (C=O) groups excluding carboxylic acids is 1. The molecule has 0 atom stereocenters. The van der Waals surface area contributed by atoms with E-state index in [1.165, 1.54) is 11.3 Å². The Morgan fingerprint density at radius 2 is 2.31 bits per heavy atom. The molecular weight excluding hydrogens is 230 g/mol. The van der Waals surface area contributed by atoms with E-state index in [1.807, 2.05) is 0 Å². The van der Waals surface area contributed by atoms with Gasteiger partial charge in [-0.1, -0.05) is 5.16 Å². The largest absolute Gasteiger partial charge is 0.461 e. The standard InChI is InChI=1S/C9H13N3O3S/c1-3-14-8(13)7(12-15-4-2)6-5-16-9(10)11-6/h5H,3-4H2,1-2H3,(H2,10,11)/b12-7+. The minimum Gasteiger partial charge on any atom is -0.461 e. The van der Waals surface area contributed by atoms with Gasteiger partial charge in [0.15, 0.2) is 5.13 Å². The summed E-state index contributed by atoms with van der Waals surface area (Å²) in [5.74, 6) is -0.568. The molecule has 88 valence electrons. The van der Waals surface area contributed by atoms with Crippen molar-refractivity contribution in [3.63, 3.8) is 0 Å². The number of nitrogens with two attached hydrogens (primary N) is 1. The fourth-order valence-electron chi connectivity index (χ4n) is 0.914. The molecule has 6 nitrogen and oxygen atoms in total. The van der Waals surface area contributed by atoms with Crippen LogP contribution in [0.15, 0.2) is 10.5 Å². The molecule has 0 aromatic carbocycles. The maximum absolute atomic E-state index is 11.5. The minimum absolute atomic E-state index is 0.0386. The van der Waals surface area contributed by atoms with Crippen molar-refractivity contribution in [3.8, 4) is 0 Å². The van der Waals surface area contributed by atoms with E-state index in [2.05, 4.69) is 10.1 Å². The van der Waals surface area contributed by atoms with Crippen molar-refractivity contribution in [2.24, 2.45) is 5.16 Å². The molecule has 16 heavy (non-hydrogen) atoms. The Kier molecular flexibility index (Phi) is 4.71. The van der Waals surface area contributed by atoms with Crippen LogP contribution in [0.4, 0.5) is 5.13 Å². The van der Waals surface area contributed by atoms with E-state index in [0.717, 1.165) is 0 Å². The van der Waals surface area contributed by atoms with Gasteiger partial charge in [-0.2, -0.15) is 0 Å². The zero-order chi connectivity index (χ0) is 12.0. The second-order valence-corrected chi connectivity index (χ2v) is 3.54. The van der Waals surface area contributed by atoms with E-state index in [0.29, 0.717) is 17.4 Å². The number of hydrogen-bond acceptors (Lipinski definition) is 7. The summed E-state index contributed by atoms with van der Waals surface area (Å²) in [5, 5.41) is 5.67. The smallest absolute Gasteiger partial charge is 0.362 e. The number of oxime groups is 1. The Hall–Kier alpha value is -1.63. The molecule has 0 amide bonds. The lowest BCUT2D eigenvalue weighted by Crippen LogP contribution is -2.19. The molecule has 0 radical (unpaired) electrons. The number of thiazole rings is 1. The van der Waals surface area contributed by atoms with Crippen molar-refractivity contribution < 1.29 is 14.4 Å². The van der Waals surface area contributed by atoms with Gasteiger partial charge in [0, 0.05) is 5.38 Å². The maximum atomic E-state index is 11.5. The average molecular weight is 243 g/mol. The summed E-state index contributed by atoms with van der Waals surface area (Å²) >= 11 is 1.22. The monoisotopic (exact) mass is 243 g/mol. The second kappa shape index (κ2) is 6.06. The van der Waals surface area contributed by atoms with Gasteiger partial charge < -0.3 is 15.3 Å². The molecule has 0 saturated heterocycles. The summed E-state index contributed by atoms with van der Waals surface area (Å²) in [6.45, 7) is 4.11. The molecule has 0 saturated carbocycles. The minimum atomic E-state index is -0.568. The van der Waals surface area contributed by atoms with Crippen molar-refractivity contribution in [3.05, 3.63) is 11.1 Å². The van der Waals surface area contributed by atoms with Crippen LogP contribution >= 0.6 is 11.3 Å². The van der Waals surface area contributed by atoms with Gasteiger partial charge in [0.2, 0.25) is 5.71 Å². The van der Waals surface area contributed by atoms with Crippen molar-refractivity contribution in [1.82, 2.24) is 4.98 Å². The van der Waals surface area contributed by atoms with Gasteiger partial charge in [-0.15, -0.1) is 11.3 Å². The molecule has 2 N–H and O–H groups in total. The Balaban J connectivity index is 2.91. The average Bonchev–Trinajstić information content (AvgIpc) is 2.66. The summed E-state index contributed by atoms with van der Waals surface area (Å²) < 4.78 is 4.84. The number of ether oxygens (including phenoxy) is 1. The van der Waals surface area contributed by atoms with Crippen LogP contribution in [0.3, 0.4) is 0 Å². The zero-order valence-electron chi connectivity index (χ0n) is 9.10. The van der Waals surface area contributed by atoms with Crippen molar-refractivity contribution >= 4 is 28.1 Å². The summed E-state index contributed by atoms with van der Waals surface area (Å²) in [4.78, 5) is 20.3. The fraction of sp³-hybridized carbons (Fsp3) is 0.444. The predicted octanol–water partition coefficient (Wildman–Crippen LogP) is 1.03. The van der Waals surface area contributed by atoms with Crippen LogP contribution in [0.5, 0.6) is 0 Å². The zero-order valence-corrected chi connectivity index (χ0v) is 9.91. The van der Waals surface area contributed by atoms with Crippen LogP contribution < -0.4 is 5.73 Å². The summed E-state index contributed by atoms with van der Waals surface area (Å²) in [5.41, 5.74) is 5.89. The fourth-order valence-corrected chi connectivity index (χ4v) is 1.46. The van der Waals surface area contributed by atoms with E-state index in [1.54, 1.807) is 19.2 Å². The number of carbonyl (C=O) groups is 1. The Labute approximate surface area is 97.1 Å². The third-order valence-corrected chi connectivity index (χ3v) is 2.19.